The van der Waals surface area contributed by atoms with Crippen LogP contribution in [0, 0.1) is 0 Å². The van der Waals surface area contributed by atoms with Crippen molar-refractivity contribution >= 4 is 11.6 Å². The summed E-state index contributed by atoms with van der Waals surface area (Å²) in [7, 11) is 3.10. The lowest BCUT2D eigenvalue weighted by atomic mass is 10.1. The summed E-state index contributed by atoms with van der Waals surface area (Å²) in [4.78, 5) is 12.4. The fraction of sp³-hybridized carbons (Fsp3) is 0.350. The average molecular weight is 343 g/mol. The number of hydrogen-bond donors (Lipinski definition) is 1. The number of carbonyl (C=O) groups excluding carboxylic acids is 1. The molecule has 0 bridgehead atoms. The highest BCUT2D eigenvalue weighted by Gasteiger charge is 2.10. The summed E-state index contributed by atoms with van der Waals surface area (Å²) >= 11 is 0. The summed E-state index contributed by atoms with van der Waals surface area (Å²) in [6, 6.07) is 12.4. The maximum absolute atomic E-state index is 12.4. The Hall–Kier alpha value is -2.69. The molecule has 0 saturated heterocycles. The lowest BCUT2D eigenvalue weighted by Gasteiger charge is -2.10. The Labute approximate surface area is 148 Å². The number of ether oxygens (including phenoxy) is 3. The second-order valence-electron chi connectivity index (χ2n) is 5.64. The van der Waals surface area contributed by atoms with E-state index in [9.17, 15) is 4.79 Å². The van der Waals surface area contributed by atoms with Gasteiger partial charge in [0.1, 0.15) is 17.2 Å². The minimum absolute atomic E-state index is 0.228. The van der Waals surface area contributed by atoms with Gasteiger partial charge in [0.25, 0.3) is 5.91 Å². The number of benzene rings is 2. The zero-order chi connectivity index (χ0) is 18.1. The normalized spacial score (nSPS) is 10.2. The molecule has 0 unspecified atom stereocenters. The van der Waals surface area contributed by atoms with Gasteiger partial charge in [-0.05, 0) is 42.8 Å². The molecule has 2 rings (SSSR count). The molecule has 1 amide bonds. The largest absolute Gasteiger partial charge is 0.497 e. The second kappa shape index (κ2) is 9.57. The van der Waals surface area contributed by atoms with Crippen LogP contribution >= 0.6 is 0 Å². The Balaban J connectivity index is 1.98. The third-order valence-electron chi connectivity index (χ3n) is 3.74. The standard InChI is InChI=1S/C20H25NO4/c1-4-5-6-11-25-17-9-7-16(8-10-17)21-20(22)15-12-18(23-2)14-19(13-15)24-3/h7-10,12-14H,4-6,11H2,1-3H3,(H,21,22). The van der Waals surface area contributed by atoms with E-state index < -0.39 is 0 Å². The molecule has 1 N–H and O–H groups in total. The van der Waals surface area contributed by atoms with Gasteiger partial charge < -0.3 is 19.5 Å². The highest BCUT2D eigenvalue weighted by atomic mass is 16.5. The molecule has 25 heavy (non-hydrogen) atoms. The average Bonchev–Trinajstić information content (AvgIpc) is 2.66. The van der Waals surface area contributed by atoms with Crippen LogP contribution in [-0.4, -0.2) is 26.7 Å². The van der Waals surface area contributed by atoms with Gasteiger partial charge in [-0.25, -0.2) is 0 Å². The first-order chi connectivity index (χ1) is 12.2. The first-order valence-electron chi connectivity index (χ1n) is 8.43. The van der Waals surface area contributed by atoms with Crippen LogP contribution in [0.2, 0.25) is 0 Å². The molecular weight excluding hydrogens is 318 g/mol. The van der Waals surface area contributed by atoms with Crippen LogP contribution in [0.25, 0.3) is 0 Å². The van der Waals surface area contributed by atoms with Gasteiger partial charge in [0.15, 0.2) is 0 Å². The third kappa shape index (κ3) is 5.71. The summed E-state index contributed by atoms with van der Waals surface area (Å²) in [5.41, 5.74) is 1.17. The van der Waals surface area contributed by atoms with E-state index in [2.05, 4.69) is 12.2 Å². The van der Waals surface area contributed by atoms with Crippen LogP contribution in [0.3, 0.4) is 0 Å². The van der Waals surface area contributed by atoms with Gasteiger partial charge in [-0.2, -0.15) is 0 Å². The number of carbonyl (C=O) groups is 1. The molecule has 0 aliphatic rings. The van der Waals surface area contributed by atoms with E-state index in [1.807, 2.05) is 24.3 Å². The molecule has 0 radical (unpaired) electrons. The van der Waals surface area contributed by atoms with Gasteiger partial charge in [0, 0.05) is 17.3 Å². The predicted octanol–water partition coefficient (Wildman–Crippen LogP) is 4.53. The van der Waals surface area contributed by atoms with Gasteiger partial charge in [-0.3, -0.25) is 4.79 Å². The molecule has 0 saturated carbocycles. The van der Waals surface area contributed by atoms with Crippen molar-refractivity contribution in [1.82, 2.24) is 0 Å². The van der Waals surface area contributed by atoms with Crippen molar-refractivity contribution in [2.45, 2.75) is 26.2 Å². The van der Waals surface area contributed by atoms with Gasteiger partial charge in [0.2, 0.25) is 0 Å². The molecule has 0 atom stereocenters. The molecular formula is C20H25NO4. The zero-order valence-electron chi connectivity index (χ0n) is 15.0. The van der Waals surface area contributed by atoms with Crippen LogP contribution in [-0.2, 0) is 0 Å². The van der Waals surface area contributed by atoms with Gasteiger partial charge in [-0.15, -0.1) is 0 Å². The molecule has 0 aliphatic heterocycles. The van der Waals surface area contributed by atoms with Gasteiger partial charge >= 0.3 is 0 Å². The van der Waals surface area contributed by atoms with E-state index in [1.165, 1.54) is 6.42 Å². The van der Waals surface area contributed by atoms with Crippen molar-refractivity contribution < 1.29 is 19.0 Å². The van der Waals surface area contributed by atoms with E-state index in [0.717, 1.165) is 18.6 Å². The summed E-state index contributed by atoms with van der Waals surface area (Å²) in [6.45, 7) is 2.87. The molecule has 2 aromatic carbocycles. The summed E-state index contributed by atoms with van der Waals surface area (Å²) < 4.78 is 16.1. The smallest absolute Gasteiger partial charge is 0.255 e. The molecule has 0 fully saturated rings. The highest BCUT2D eigenvalue weighted by Crippen LogP contribution is 2.23. The monoisotopic (exact) mass is 343 g/mol. The molecule has 134 valence electrons. The van der Waals surface area contributed by atoms with Crippen molar-refractivity contribution in [3.8, 4) is 17.2 Å². The zero-order valence-corrected chi connectivity index (χ0v) is 15.0. The van der Waals surface area contributed by atoms with E-state index in [4.69, 9.17) is 14.2 Å². The van der Waals surface area contributed by atoms with Gasteiger partial charge in [-0.1, -0.05) is 19.8 Å². The Morgan fingerprint density at radius 1 is 0.920 bits per heavy atom. The Kier molecular flexibility index (Phi) is 7.14. The topological polar surface area (TPSA) is 56.8 Å². The number of nitrogens with one attached hydrogen (secondary N) is 1. The number of amides is 1. The van der Waals surface area contributed by atoms with Crippen molar-refractivity contribution in [2.24, 2.45) is 0 Å². The lowest BCUT2D eigenvalue weighted by Crippen LogP contribution is -2.12. The van der Waals surface area contributed by atoms with E-state index >= 15 is 0 Å². The van der Waals surface area contributed by atoms with E-state index in [-0.39, 0.29) is 5.91 Å². The van der Waals surface area contributed by atoms with Crippen LogP contribution in [0.1, 0.15) is 36.5 Å². The first kappa shape index (κ1) is 18.6. The molecule has 0 aromatic heterocycles. The first-order valence-corrected chi connectivity index (χ1v) is 8.43. The maximum atomic E-state index is 12.4. The van der Waals surface area contributed by atoms with Crippen molar-refractivity contribution in [3.63, 3.8) is 0 Å². The fourth-order valence-corrected chi connectivity index (χ4v) is 2.32. The summed E-state index contributed by atoms with van der Waals surface area (Å²) in [5.74, 6) is 1.71. The van der Waals surface area contributed by atoms with Gasteiger partial charge in [0.05, 0.1) is 20.8 Å². The fourth-order valence-electron chi connectivity index (χ4n) is 2.32. The minimum atomic E-state index is -0.228. The second-order valence-corrected chi connectivity index (χ2v) is 5.64. The van der Waals surface area contributed by atoms with Crippen LogP contribution < -0.4 is 19.5 Å². The number of hydrogen-bond acceptors (Lipinski definition) is 4. The number of methoxy groups -OCH3 is 2. The summed E-state index contributed by atoms with van der Waals surface area (Å²) in [5, 5.41) is 2.86. The molecule has 2 aromatic rings. The van der Waals surface area contributed by atoms with Crippen LogP contribution in [0.5, 0.6) is 17.2 Å². The predicted molar refractivity (Wildman–Crippen MR) is 99.0 cm³/mol. The van der Waals surface area contributed by atoms with Crippen LogP contribution in [0.15, 0.2) is 42.5 Å². The molecule has 0 heterocycles. The Morgan fingerprint density at radius 2 is 1.56 bits per heavy atom. The molecule has 0 aliphatic carbocycles. The van der Waals surface area contributed by atoms with Crippen LogP contribution in [0.4, 0.5) is 5.69 Å². The molecule has 5 heteroatoms. The summed E-state index contributed by atoms with van der Waals surface area (Å²) in [6.07, 6.45) is 3.38. The molecule has 0 spiro atoms. The number of anilines is 1. The Bertz CT molecular complexity index is 660. The SMILES string of the molecule is CCCCCOc1ccc(NC(=O)c2cc(OC)cc(OC)c2)cc1. The number of rotatable bonds is 9. The van der Waals surface area contributed by atoms with Crippen molar-refractivity contribution in [1.29, 1.82) is 0 Å². The highest BCUT2D eigenvalue weighted by molar-refractivity contribution is 6.04. The number of unbranched alkanes of at least 4 members (excludes halogenated alkanes) is 2. The quantitative estimate of drug-likeness (QED) is 0.680. The van der Waals surface area contributed by atoms with E-state index in [0.29, 0.717) is 29.4 Å². The van der Waals surface area contributed by atoms with Crippen molar-refractivity contribution in [3.05, 3.63) is 48.0 Å². The Morgan fingerprint density at radius 3 is 2.12 bits per heavy atom. The van der Waals surface area contributed by atoms with E-state index in [1.54, 1.807) is 32.4 Å². The maximum Gasteiger partial charge on any atom is 0.255 e. The third-order valence-corrected chi connectivity index (χ3v) is 3.74. The molecule has 5 nitrogen and oxygen atoms in total. The lowest BCUT2D eigenvalue weighted by molar-refractivity contribution is 0.102. The minimum Gasteiger partial charge on any atom is -0.497 e. The van der Waals surface area contributed by atoms with Crippen molar-refractivity contribution in [2.75, 3.05) is 26.1 Å².